The van der Waals surface area contributed by atoms with Crippen molar-refractivity contribution in [3.05, 3.63) is 39.0 Å². The summed E-state index contributed by atoms with van der Waals surface area (Å²) in [5, 5.41) is 22.3. The zero-order valence-electron chi connectivity index (χ0n) is 12.6. The van der Waals surface area contributed by atoms with E-state index >= 15 is 0 Å². The first-order valence-electron chi connectivity index (χ1n) is 7.29. The monoisotopic (exact) mass is 318 g/mol. The summed E-state index contributed by atoms with van der Waals surface area (Å²) in [6.45, 7) is 3.85. The van der Waals surface area contributed by atoms with Crippen LogP contribution >= 0.6 is 11.3 Å². The zero-order chi connectivity index (χ0) is 15.9. The minimum Gasteiger partial charge on any atom is -0.478 e. The van der Waals surface area contributed by atoms with Crippen molar-refractivity contribution in [2.75, 3.05) is 0 Å². The number of nitrogens with zero attached hydrogens (tertiary/aromatic N) is 2. The highest BCUT2D eigenvalue weighted by Crippen LogP contribution is 2.38. The summed E-state index contributed by atoms with van der Waals surface area (Å²) >= 11 is 1.58. The lowest BCUT2D eigenvalue weighted by molar-refractivity contribution is 0.0696. The van der Waals surface area contributed by atoms with Crippen LogP contribution < -0.4 is 0 Å². The topological polar surface area (TPSA) is 74.8 Å². The van der Waals surface area contributed by atoms with Crippen LogP contribution in [-0.4, -0.2) is 27.1 Å². The van der Waals surface area contributed by atoms with Gasteiger partial charge in [-0.15, -0.1) is 11.3 Å². The summed E-state index contributed by atoms with van der Waals surface area (Å²) in [5.74, 6) is -0.862. The highest BCUT2D eigenvalue weighted by molar-refractivity contribution is 7.15. The second-order valence-electron chi connectivity index (χ2n) is 5.60. The lowest BCUT2D eigenvalue weighted by atomic mass is 9.95. The minimum absolute atomic E-state index is 0.439. The number of carboxylic acid groups (broad SMARTS) is 1. The molecule has 1 aliphatic carbocycles. The Morgan fingerprint density at radius 3 is 2.77 bits per heavy atom. The molecule has 0 aromatic carbocycles. The van der Waals surface area contributed by atoms with Crippen molar-refractivity contribution in [2.45, 2.75) is 39.5 Å². The van der Waals surface area contributed by atoms with Crippen LogP contribution in [0.15, 0.2) is 11.2 Å². The van der Waals surface area contributed by atoms with Gasteiger partial charge in [-0.3, -0.25) is 0 Å². The smallest absolute Gasteiger partial charge is 0.339 e. The van der Waals surface area contributed by atoms with Crippen LogP contribution in [0.2, 0.25) is 0 Å². The summed E-state index contributed by atoms with van der Waals surface area (Å²) in [6, 6.07) is 1.90. The van der Waals surface area contributed by atoms with Crippen molar-refractivity contribution in [3.63, 3.8) is 0 Å². The fourth-order valence-electron chi connectivity index (χ4n) is 3.22. The van der Waals surface area contributed by atoms with Crippen LogP contribution in [0.25, 0.3) is 5.00 Å². The molecule has 0 aliphatic heterocycles. The van der Waals surface area contributed by atoms with Crippen molar-refractivity contribution >= 4 is 23.5 Å². The van der Waals surface area contributed by atoms with Gasteiger partial charge in [-0.25, -0.2) is 4.79 Å². The standard InChI is InChI=1S/C16H18N2O3S/c1-9-7-11(8-17-21)10(2)18(9)15-14(16(19)20)12-5-3-4-6-13(12)22-15/h7-8,21H,3-6H2,1-2H3,(H,19,20). The van der Waals surface area contributed by atoms with Gasteiger partial charge in [0, 0.05) is 21.8 Å². The Balaban J connectivity index is 2.25. The highest BCUT2D eigenvalue weighted by atomic mass is 32.1. The third-order valence-corrected chi connectivity index (χ3v) is 5.51. The van der Waals surface area contributed by atoms with Crippen molar-refractivity contribution in [3.8, 4) is 5.00 Å². The predicted octanol–water partition coefficient (Wildman–Crippen LogP) is 3.54. The van der Waals surface area contributed by atoms with Gasteiger partial charge in [0.15, 0.2) is 0 Å². The van der Waals surface area contributed by atoms with Gasteiger partial charge in [-0.2, -0.15) is 0 Å². The summed E-state index contributed by atoms with van der Waals surface area (Å²) in [7, 11) is 0. The first kappa shape index (κ1) is 14.8. The first-order valence-corrected chi connectivity index (χ1v) is 8.10. The van der Waals surface area contributed by atoms with Gasteiger partial charge in [0.1, 0.15) is 5.00 Å². The van der Waals surface area contributed by atoms with Gasteiger partial charge in [0.05, 0.1) is 11.8 Å². The van der Waals surface area contributed by atoms with Gasteiger partial charge in [-0.1, -0.05) is 5.16 Å². The van der Waals surface area contributed by atoms with Gasteiger partial charge in [0.2, 0.25) is 0 Å². The number of aryl methyl sites for hydroxylation is 2. The van der Waals surface area contributed by atoms with E-state index in [1.54, 1.807) is 11.3 Å². The van der Waals surface area contributed by atoms with Crippen LogP contribution in [0.1, 0.15) is 50.6 Å². The molecule has 2 aromatic heterocycles. The molecule has 0 saturated carbocycles. The van der Waals surface area contributed by atoms with Crippen LogP contribution in [0.4, 0.5) is 0 Å². The van der Waals surface area contributed by atoms with E-state index in [2.05, 4.69) is 5.16 Å². The van der Waals surface area contributed by atoms with E-state index in [1.165, 1.54) is 11.1 Å². The molecule has 0 saturated heterocycles. The van der Waals surface area contributed by atoms with Crippen LogP contribution in [0.5, 0.6) is 0 Å². The number of hydrogen-bond donors (Lipinski definition) is 2. The molecule has 5 nitrogen and oxygen atoms in total. The van der Waals surface area contributed by atoms with Crippen molar-refractivity contribution in [1.29, 1.82) is 0 Å². The summed E-state index contributed by atoms with van der Waals surface area (Å²) in [6.07, 6.45) is 5.36. The van der Waals surface area contributed by atoms with E-state index in [0.717, 1.165) is 53.2 Å². The van der Waals surface area contributed by atoms with E-state index in [9.17, 15) is 9.90 Å². The van der Waals surface area contributed by atoms with E-state index in [1.807, 2.05) is 24.5 Å². The third-order valence-electron chi connectivity index (χ3n) is 4.24. The Hall–Kier alpha value is -2.08. The largest absolute Gasteiger partial charge is 0.478 e. The maximum atomic E-state index is 11.8. The molecule has 116 valence electrons. The molecule has 0 amide bonds. The average molecular weight is 318 g/mol. The predicted molar refractivity (Wildman–Crippen MR) is 86.1 cm³/mol. The lowest BCUT2D eigenvalue weighted by Crippen LogP contribution is -2.09. The number of aromatic nitrogens is 1. The zero-order valence-corrected chi connectivity index (χ0v) is 13.4. The molecule has 0 bridgehead atoms. The maximum absolute atomic E-state index is 11.8. The number of carboxylic acids is 1. The lowest BCUT2D eigenvalue weighted by Gasteiger charge is -2.11. The molecule has 2 N–H and O–H groups in total. The summed E-state index contributed by atoms with van der Waals surface area (Å²) in [5.41, 5.74) is 4.06. The van der Waals surface area contributed by atoms with Gasteiger partial charge >= 0.3 is 5.97 Å². The fourth-order valence-corrected chi connectivity index (χ4v) is 4.71. The average Bonchev–Trinajstić information content (AvgIpc) is 2.97. The Kier molecular flexibility index (Phi) is 3.78. The molecule has 0 fully saturated rings. The molecule has 1 aliphatic rings. The Labute approximate surface area is 132 Å². The van der Waals surface area contributed by atoms with Crippen LogP contribution in [-0.2, 0) is 12.8 Å². The van der Waals surface area contributed by atoms with Gasteiger partial charge in [-0.05, 0) is 51.2 Å². The SMILES string of the molecule is Cc1cc(C=NO)c(C)n1-c1sc2c(c1C(=O)O)CCCC2. The van der Waals surface area contributed by atoms with Crippen molar-refractivity contribution < 1.29 is 15.1 Å². The molecule has 22 heavy (non-hydrogen) atoms. The van der Waals surface area contributed by atoms with Crippen molar-refractivity contribution in [2.24, 2.45) is 5.16 Å². The van der Waals surface area contributed by atoms with Gasteiger partial charge in [0.25, 0.3) is 0 Å². The molecular formula is C16H18N2O3S. The van der Waals surface area contributed by atoms with Gasteiger partial charge < -0.3 is 14.9 Å². The van der Waals surface area contributed by atoms with Crippen molar-refractivity contribution in [1.82, 2.24) is 4.57 Å². The molecular weight excluding hydrogens is 300 g/mol. The molecule has 6 heteroatoms. The number of thiophene rings is 1. The van der Waals surface area contributed by atoms with Crippen LogP contribution in [0.3, 0.4) is 0 Å². The quantitative estimate of drug-likeness (QED) is 0.516. The highest BCUT2D eigenvalue weighted by Gasteiger charge is 2.27. The Morgan fingerprint density at radius 2 is 2.09 bits per heavy atom. The second kappa shape index (κ2) is 5.61. The normalized spacial score (nSPS) is 14.5. The number of hydrogen-bond acceptors (Lipinski definition) is 4. The van der Waals surface area contributed by atoms with E-state index in [4.69, 9.17) is 5.21 Å². The van der Waals surface area contributed by atoms with E-state index in [-0.39, 0.29) is 0 Å². The molecule has 0 atom stereocenters. The fraction of sp³-hybridized carbons (Fsp3) is 0.375. The minimum atomic E-state index is -0.862. The molecule has 0 unspecified atom stereocenters. The van der Waals surface area contributed by atoms with Crippen LogP contribution in [0, 0.1) is 13.8 Å². The second-order valence-corrected chi connectivity index (χ2v) is 6.69. The number of rotatable bonds is 3. The molecule has 0 radical (unpaired) electrons. The Morgan fingerprint density at radius 1 is 1.36 bits per heavy atom. The number of oxime groups is 1. The molecule has 3 rings (SSSR count). The molecule has 0 spiro atoms. The third kappa shape index (κ3) is 2.23. The van der Waals surface area contributed by atoms with E-state index in [0.29, 0.717) is 5.56 Å². The number of fused-ring (bicyclic) bond motifs is 1. The number of aromatic carboxylic acids is 1. The molecule has 2 heterocycles. The summed E-state index contributed by atoms with van der Waals surface area (Å²) in [4.78, 5) is 13.0. The van der Waals surface area contributed by atoms with E-state index < -0.39 is 5.97 Å². The summed E-state index contributed by atoms with van der Waals surface area (Å²) < 4.78 is 1.96. The first-order chi connectivity index (χ1) is 10.5. The maximum Gasteiger partial charge on any atom is 0.339 e. The molecule has 2 aromatic rings. The Bertz CT molecular complexity index is 771. The number of carbonyl (C=O) groups is 1.